The highest BCUT2D eigenvalue weighted by atomic mass is 35.5. The number of aryl methyl sites for hydroxylation is 1. The van der Waals surface area contributed by atoms with Crippen molar-refractivity contribution >= 4 is 11.6 Å². The highest BCUT2D eigenvalue weighted by molar-refractivity contribution is 6.30. The topological polar surface area (TPSA) is 33.1 Å². The van der Waals surface area contributed by atoms with Crippen LogP contribution in [0.1, 0.15) is 24.2 Å². The van der Waals surface area contributed by atoms with Gasteiger partial charge in [-0.25, -0.2) is 4.98 Å². The Bertz CT molecular complexity index is 354. The quantitative estimate of drug-likeness (QED) is 0.805. The number of pyridine rings is 1. The van der Waals surface area contributed by atoms with Gasteiger partial charge in [0.1, 0.15) is 5.15 Å². The van der Waals surface area contributed by atoms with Crippen molar-refractivity contribution in [2.45, 2.75) is 25.6 Å². The van der Waals surface area contributed by atoms with E-state index < -0.39 is 17.8 Å². The zero-order valence-corrected chi connectivity index (χ0v) is 8.60. The van der Waals surface area contributed by atoms with Crippen molar-refractivity contribution < 1.29 is 18.3 Å². The van der Waals surface area contributed by atoms with E-state index in [0.29, 0.717) is 12.0 Å². The Morgan fingerprint density at radius 1 is 1.53 bits per heavy atom. The first-order valence-electron chi connectivity index (χ1n) is 4.25. The molecule has 1 aromatic rings. The summed E-state index contributed by atoms with van der Waals surface area (Å²) >= 11 is 5.48. The average molecular weight is 240 g/mol. The lowest BCUT2D eigenvalue weighted by Gasteiger charge is -2.16. The molecule has 1 atom stereocenters. The van der Waals surface area contributed by atoms with E-state index in [0.717, 1.165) is 0 Å². The van der Waals surface area contributed by atoms with Gasteiger partial charge in [0.25, 0.3) is 0 Å². The number of aromatic nitrogens is 1. The van der Waals surface area contributed by atoms with Gasteiger partial charge in [0.2, 0.25) is 0 Å². The first kappa shape index (κ1) is 12.3. The van der Waals surface area contributed by atoms with Crippen LogP contribution in [-0.2, 0) is 6.42 Å². The fourth-order valence-corrected chi connectivity index (χ4v) is 1.28. The maximum absolute atomic E-state index is 12.2. The summed E-state index contributed by atoms with van der Waals surface area (Å²) in [4.78, 5) is 3.59. The molecule has 0 aliphatic rings. The van der Waals surface area contributed by atoms with Crippen LogP contribution in [0.4, 0.5) is 13.2 Å². The van der Waals surface area contributed by atoms with Crippen molar-refractivity contribution in [3.8, 4) is 0 Å². The van der Waals surface area contributed by atoms with Gasteiger partial charge in [-0.05, 0) is 18.1 Å². The van der Waals surface area contributed by atoms with Gasteiger partial charge in [-0.1, -0.05) is 18.5 Å². The van der Waals surface area contributed by atoms with Gasteiger partial charge >= 0.3 is 6.18 Å². The Kier molecular flexibility index (Phi) is 3.57. The van der Waals surface area contributed by atoms with Crippen LogP contribution in [0, 0.1) is 0 Å². The predicted octanol–water partition coefficient (Wildman–Crippen LogP) is 2.89. The normalized spacial score (nSPS) is 14.0. The molecule has 6 heteroatoms. The molecule has 0 spiro atoms. The Morgan fingerprint density at radius 3 is 2.60 bits per heavy atom. The number of alkyl halides is 3. The van der Waals surface area contributed by atoms with Crippen LogP contribution in [0.5, 0.6) is 0 Å². The third-order valence-electron chi connectivity index (χ3n) is 1.94. The third kappa shape index (κ3) is 2.82. The number of rotatable bonds is 2. The zero-order chi connectivity index (χ0) is 11.6. The van der Waals surface area contributed by atoms with E-state index in [4.69, 9.17) is 16.7 Å². The van der Waals surface area contributed by atoms with Crippen molar-refractivity contribution in [1.29, 1.82) is 0 Å². The van der Waals surface area contributed by atoms with Gasteiger partial charge in [0.15, 0.2) is 6.10 Å². The predicted molar refractivity (Wildman–Crippen MR) is 49.6 cm³/mol. The molecule has 84 valence electrons. The second-order valence-corrected chi connectivity index (χ2v) is 3.38. The molecule has 2 nitrogen and oxygen atoms in total. The Labute approximate surface area is 89.7 Å². The summed E-state index contributed by atoms with van der Waals surface area (Å²) in [6, 6.07) is 1.22. The fraction of sp³-hybridized carbons (Fsp3) is 0.444. The third-order valence-corrected chi connectivity index (χ3v) is 2.25. The molecule has 0 aliphatic carbocycles. The van der Waals surface area contributed by atoms with E-state index in [1.807, 2.05) is 0 Å². The lowest BCUT2D eigenvalue weighted by Crippen LogP contribution is -2.21. The van der Waals surface area contributed by atoms with Gasteiger partial charge in [-0.3, -0.25) is 0 Å². The van der Waals surface area contributed by atoms with Gasteiger partial charge < -0.3 is 5.11 Å². The smallest absolute Gasteiger partial charge is 0.379 e. The molecule has 1 unspecified atom stereocenters. The van der Waals surface area contributed by atoms with Crippen LogP contribution in [0.15, 0.2) is 12.3 Å². The Balaban J connectivity index is 3.12. The Hall–Kier alpha value is -0.810. The minimum atomic E-state index is -4.72. The molecule has 1 N–H and O–H groups in total. The first-order chi connectivity index (χ1) is 6.86. The summed E-state index contributed by atoms with van der Waals surface area (Å²) in [6.45, 7) is 1.77. The average Bonchev–Trinajstić information content (AvgIpc) is 2.16. The van der Waals surface area contributed by atoms with Crippen molar-refractivity contribution in [3.05, 3.63) is 28.5 Å². The maximum atomic E-state index is 12.2. The van der Waals surface area contributed by atoms with Crippen molar-refractivity contribution in [2.75, 3.05) is 0 Å². The van der Waals surface area contributed by atoms with E-state index in [2.05, 4.69) is 4.98 Å². The van der Waals surface area contributed by atoms with E-state index in [1.54, 1.807) is 6.92 Å². The summed E-state index contributed by atoms with van der Waals surface area (Å²) in [6.07, 6.45) is -5.39. The van der Waals surface area contributed by atoms with Crippen molar-refractivity contribution in [2.24, 2.45) is 0 Å². The van der Waals surface area contributed by atoms with Crippen LogP contribution >= 0.6 is 11.6 Å². The molecule has 0 bridgehead atoms. The zero-order valence-electron chi connectivity index (χ0n) is 7.85. The molecule has 0 radical (unpaired) electrons. The van der Waals surface area contributed by atoms with Crippen molar-refractivity contribution in [1.82, 2.24) is 4.98 Å². The number of aliphatic hydroxyl groups excluding tert-OH is 1. The maximum Gasteiger partial charge on any atom is 0.418 e. The van der Waals surface area contributed by atoms with Gasteiger partial charge in [0.05, 0.1) is 0 Å². The minimum absolute atomic E-state index is 0.322. The number of hydrogen-bond donors (Lipinski definition) is 1. The van der Waals surface area contributed by atoms with Crippen LogP contribution < -0.4 is 0 Å². The second kappa shape index (κ2) is 4.37. The molecule has 0 fully saturated rings. The highest BCUT2D eigenvalue weighted by Gasteiger charge is 2.40. The molecule has 0 aromatic carbocycles. The molecule has 0 saturated heterocycles. The second-order valence-electron chi connectivity index (χ2n) is 3.02. The lowest BCUT2D eigenvalue weighted by molar-refractivity contribution is -0.206. The van der Waals surface area contributed by atoms with E-state index >= 15 is 0 Å². The summed E-state index contributed by atoms with van der Waals surface area (Å²) in [7, 11) is 0. The molecule has 1 heterocycles. The Morgan fingerprint density at radius 2 is 2.13 bits per heavy atom. The molecule has 1 rings (SSSR count). The molecule has 0 aliphatic heterocycles. The largest absolute Gasteiger partial charge is 0.418 e. The SMILES string of the molecule is CCc1cnc(Cl)c(C(O)C(F)(F)F)c1. The van der Waals surface area contributed by atoms with Crippen LogP contribution in [0.2, 0.25) is 5.15 Å². The van der Waals surface area contributed by atoms with Crippen LogP contribution in [-0.4, -0.2) is 16.3 Å². The number of hydrogen-bond acceptors (Lipinski definition) is 2. The van der Waals surface area contributed by atoms with Gasteiger partial charge in [-0.2, -0.15) is 13.2 Å². The molecule has 0 amide bonds. The minimum Gasteiger partial charge on any atom is -0.379 e. The van der Waals surface area contributed by atoms with E-state index in [-0.39, 0.29) is 5.15 Å². The van der Waals surface area contributed by atoms with Crippen LogP contribution in [0.25, 0.3) is 0 Å². The van der Waals surface area contributed by atoms with E-state index in [1.165, 1.54) is 12.3 Å². The number of halogens is 4. The molecular formula is C9H9ClF3NO. The number of nitrogens with zero attached hydrogens (tertiary/aromatic N) is 1. The highest BCUT2D eigenvalue weighted by Crippen LogP contribution is 2.35. The standard InChI is InChI=1S/C9H9ClF3NO/c1-2-5-3-6(8(10)14-4-5)7(15)9(11,12)13/h3-4,7,15H,2H2,1H3. The fourth-order valence-electron chi connectivity index (χ4n) is 1.07. The molecule has 0 saturated carbocycles. The lowest BCUT2D eigenvalue weighted by atomic mass is 10.1. The first-order valence-corrected chi connectivity index (χ1v) is 4.63. The van der Waals surface area contributed by atoms with Crippen molar-refractivity contribution in [3.63, 3.8) is 0 Å². The summed E-state index contributed by atoms with van der Waals surface area (Å²) in [5, 5.41) is 8.69. The molecule has 15 heavy (non-hydrogen) atoms. The van der Waals surface area contributed by atoms with Gasteiger partial charge in [-0.15, -0.1) is 0 Å². The molecule has 1 aromatic heterocycles. The van der Waals surface area contributed by atoms with Crippen LogP contribution in [0.3, 0.4) is 0 Å². The summed E-state index contributed by atoms with van der Waals surface area (Å²) in [5.41, 5.74) is 0.196. The van der Waals surface area contributed by atoms with E-state index in [9.17, 15) is 13.2 Å². The summed E-state index contributed by atoms with van der Waals surface area (Å²) < 4.78 is 36.6. The molecular weight excluding hydrogens is 231 g/mol. The van der Waals surface area contributed by atoms with Gasteiger partial charge in [0, 0.05) is 11.8 Å². The monoisotopic (exact) mass is 239 g/mol. The summed E-state index contributed by atoms with van der Waals surface area (Å²) in [5.74, 6) is 0. The number of aliphatic hydroxyl groups is 1.